The molecule has 1 atom stereocenters. The Kier molecular flexibility index (Phi) is 13.4. The molecule has 0 spiro atoms. The van der Waals surface area contributed by atoms with E-state index in [1.165, 1.54) is 0 Å². The van der Waals surface area contributed by atoms with Crippen molar-refractivity contribution in [3.05, 3.63) is 0 Å². The first-order valence-corrected chi connectivity index (χ1v) is 7.59. The van der Waals surface area contributed by atoms with Crippen molar-refractivity contribution < 1.29 is 72.7 Å². The SMILES string of the molecule is NS(=O)(=O)O.O=C(O)CC(O)(CC(=O)O)C(=O)O.O=C(O)CC(O)C(=O)O. The van der Waals surface area contributed by atoms with Gasteiger partial charge in [-0.25, -0.2) is 14.7 Å². The van der Waals surface area contributed by atoms with E-state index in [-0.39, 0.29) is 0 Å². The Morgan fingerprint density at radius 2 is 1.15 bits per heavy atom. The van der Waals surface area contributed by atoms with Crippen molar-refractivity contribution in [1.82, 2.24) is 0 Å². The zero-order valence-electron chi connectivity index (χ0n) is 13.1. The fraction of sp³-hybridized carbons (Fsp3) is 0.500. The number of aliphatic hydroxyl groups is 2. The average molecular weight is 423 g/mol. The Balaban J connectivity index is -0.000000356. The Morgan fingerprint density at radius 3 is 1.26 bits per heavy atom. The van der Waals surface area contributed by atoms with E-state index in [0.717, 1.165) is 0 Å². The predicted molar refractivity (Wildman–Crippen MR) is 78.7 cm³/mol. The highest BCUT2D eigenvalue weighted by molar-refractivity contribution is 7.83. The molecule has 0 aliphatic rings. The van der Waals surface area contributed by atoms with Crippen molar-refractivity contribution >= 4 is 40.2 Å². The molecule has 1 unspecified atom stereocenters. The number of aliphatic carboxylic acids is 5. The summed E-state index contributed by atoms with van der Waals surface area (Å²) < 4.78 is 25.2. The molecular formula is C10H17NO15S. The van der Waals surface area contributed by atoms with Crippen LogP contribution in [0.4, 0.5) is 0 Å². The molecule has 0 aromatic carbocycles. The lowest BCUT2D eigenvalue weighted by Crippen LogP contribution is -2.42. The lowest BCUT2D eigenvalue weighted by molar-refractivity contribution is -0.170. The van der Waals surface area contributed by atoms with Crippen molar-refractivity contribution in [2.75, 3.05) is 0 Å². The van der Waals surface area contributed by atoms with Crippen LogP contribution in [0.5, 0.6) is 0 Å². The first-order valence-electron chi connectivity index (χ1n) is 6.09. The maximum atomic E-state index is 10.3. The number of carboxylic acids is 5. The minimum Gasteiger partial charge on any atom is -0.481 e. The summed E-state index contributed by atoms with van der Waals surface area (Å²) in [5, 5.41) is 61.8. The molecule has 16 nitrogen and oxygen atoms in total. The molecule has 27 heavy (non-hydrogen) atoms. The molecular weight excluding hydrogens is 406 g/mol. The topological polar surface area (TPSA) is 307 Å². The van der Waals surface area contributed by atoms with Gasteiger partial charge in [0.05, 0.1) is 19.3 Å². The normalized spacial score (nSPS) is 11.6. The summed E-state index contributed by atoms with van der Waals surface area (Å²) in [5.74, 6) is -7.86. The number of nitrogens with two attached hydrogens (primary N) is 1. The summed E-state index contributed by atoms with van der Waals surface area (Å²) in [6, 6.07) is 0. The van der Waals surface area contributed by atoms with Gasteiger partial charge in [-0.1, -0.05) is 0 Å². The van der Waals surface area contributed by atoms with E-state index in [2.05, 4.69) is 5.14 Å². The first kappa shape index (κ1) is 28.9. The third-order valence-electron chi connectivity index (χ3n) is 1.94. The molecule has 0 heterocycles. The molecule has 0 fully saturated rings. The molecule has 0 saturated heterocycles. The number of carboxylic acid groups (broad SMARTS) is 5. The summed E-state index contributed by atoms with van der Waals surface area (Å²) in [4.78, 5) is 49.9. The molecule has 0 bridgehead atoms. The molecule has 10 N–H and O–H groups in total. The largest absolute Gasteiger partial charge is 0.481 e. The Morgan fingerprint density at radius 1 is 0.852 bits per heavy atom. The molecule has 158 valence electrons. The summed E-state index contributed by atoms with van der Waals surface area (Å²) in [5.41, 5.74) is -2.74. The van der Waals surface area contributed by atoms with E-state index in [0.29, 0.717) is 0 Å². The van der Waals surface area contributed by atoms with Crippen molar-refractivity contribution in [3.63, 3.8) is 0 Å². The minimum absolute atomic E-state index is 0.755. The van der Waals surface area contributed by atoms with Crippen LogP contribution in [0.2, 0.25) is 0 Å². The van der Waals surface area contributed by atoms with Gasteiger partial charge in [0.2, 0.25) is 0 Å². The first-order chi connectivity index (χ1) is 11.8. The lowest BCUT2D eigenvalue weighted by atomic mass is 9.96. The molecule has 0 aromatic rings. The molecule has 0 saturated carbocycles. The average Bonchev–Trinajstić information content (AvgIpc) is 2.33. The predicted octanol–water partition coefficient (Wildman–Crippen LogP) is -3.59. The number of rotatable bonds is 8. The van der Waals surface area contributed by atoms with Gasteiger partial charge < -0.3 is 35.7 Å². The van der Waals surface area contributed by atoms with Gasteiger partial charge >= 0.3 is 40.2 Å². The van der Waals surface area contributed by atoms with Gasteiger partial charge in [0.1, 0.15) is 0 Å². The van der Waals surface area contributed by atoms with Crippen LogP contribution in [0, 0.1) is 0 Å². The van der Waals surface area contributed by atoms with Gasteiger partial charge in [-0.2, -0.15) is 8.42 Å². The van der Waals surface area contributed by atoms with Crippen molar-refractivity contribution in [1.29, 1.82) is 0 Å². The zero-order valence-corrected chi connectivity index (χ0v) is 13.9. The Bertz CT molecular complexity index is 630. The summed E-state index contributed by atoms with van der Waals surface area (Å²) in [7, 11) is -4.17. The zero-order chi connectivity index (χ0) is 22.6. The number of hydrogen-bond donors (Lipinski definition) is 9. The van der Waals surface area contributed by atoms with E-state index in [1.54, 1.807) is 0 Å². The Hall–Kier alpha value is -2.86. The van der Waals surface area contributed by atoms with Gasteiger partial charge in [0.15, 0.2) is 11.7 Å². The summed E-state index contributed by atoms with van der Waals surface area (Å²) in [6.07, 6.45) is -4.83. The van der Waals surface area contributed by atoms with Crippen LogP contribution in [0.15, 0.2) is 0 Å². The second kappa shape index (κ2) is 12.5. The van der Waals surface area contributed by atoms with E-state index in [4.69, 9.17) is 48.7 Å². The third-order valence-corrected chi connectivity index (χ3v) is 1.94. The smallest absolute Gasteiger partial charge is 0.336 e. The van der Waals surface area contributed by atoms with E-state index >= 15 is 0 Å². The van der Waals surface area contributed by atoms with Gasteiger partial charge in [0.25, 0.3) is 0 Å². The second-order valence-electron chi connectivity index (χ2n) is 4.44. The summed E-state index contributed by atoms with van der Waals surface area (Å²) >= 11 is 0. The third kappa shape index (κ3) is 23.1. The molecule has 0 rings (SSSR count). The molecule has 17 heteroatoms. The van der Waals surface area contributed by atoms with Gasteiger partial charge in [-0.3, -0.25) is 18.9 Å². The van der Waals surface area contributed by atoms with Crippen LogP contribution in [0.3, 0.4) is 0 Å². The Labute approximate surface area is 150 Å². The number of carbonyl (C=O) groups is 5. The second-order valence-corrected chi connectivity index (χ2v) is 5.47. The number of aliphatic hydroxyl groups excluding tert-OH is 1. The van der Waals surface area contributed by atoms with Crippen LogP contribution < -0.4 is 5.14 Å². The standard InChI is InChI=1S/C6H8O7.C4H6O5.H3NO3S/c7-3(8)1-6(13,5(11)12)2-4(9)10;5-2(4(8)9)1-3(6)7;1-5(2,3)4/h13H,1-2H2,(H,7,8)(H,9,10)(H,11,12);2,5H,1H2,(H,6,7)(H,8,9);(H3,1,2,3,4). The van der Waals surface area contributed by atoms with Gasteiger partial charge in [0, 0.05) is 0 Å². The van der Waals surface area contributed by atoms with Gasteiger partial charge in [-0.15, -0.1) is 0 Å². The van der Waals surface area contributed by atoms with Crippen molar-refractivity contribution in [2.24, 2.45) is 5.14 Å². The van der Waals surface area contributed by atoms with E-state index in [1.807, 2.05) is 0 Å². The molecule has 0 aliphatic heterocycles. The fourth-order valence-corrected chi connectivity index (χ4v) is 0.967. The van der Waals surface area contributed by atoms with Crippen molar-refractivity contribution in [3.8, 4) is 0 Å². The van der Waals surface area contributed by atoms with Crippen LogP contribution in [-0.2, 0) is 34.3 Å². The van der Waals surface area contributed by atoms with Crippen LogP contribution in [-0.4, -0.2) is 90.3 Å². The highest BCUT2D eigenvalue weighted by atomic mass is 32.2. The molecule has 0 aliphatic carbocycles. The van der Waals surface area contributed by atoms with Crippen LogP contribution >= 0.6 is 0 Å². The van der Waals surface area contributed by atoms with Crippen LogP contribution in [0.1, 0.15) is 19.3 Å². The molecule has 0 amide bonds. The minimum atomic E-state index is -4.17. The highest BCUT2D eigenvalue weighted by Crippen LogP contribution is 2.15. The quantitative estimate of drug-likeness (QED) is 0.170. The highest BCUT2D eigenvalue weighted by Gasteiger charge is 2.40. The monoisotopic (exact) mass is 423 g/mol. The lowest BCUT2D eigenvalue weighted by Gasteiger charge is -2.18. The summed E-state index contributed by atoms with van der Waals surface area (Å²) in [6.45, 7) is 0. The number of hydrogen-bond acceptors (Lipinski definition) is 9. The fourth-order valence-electron chi connectivity index (χ4n) is 0.967. The van der Waals surface area contributed by atoms with E-state index < -0.39 is 71.1 Å². The molecule has 0 radical (unpaired) electrons. The molecule has 0 aromatic heterocycles. The van der Waals surface area contributed by atoms with Crippen molar-refractivity contribution in [2.45, 2.75) is 31.0 Å². The van der Waals surface area contributed by atoms with E-state index in [9.17, 15) is 24.0 Å². The van der Waals surface area contributed by atoms with Crippen LogP contribution in [0.25, 0.3) is 0 Å². The van der Waals surface area contributed by atoms with Gasteiger partial charge in [-0.05, 0) is 0 Å². The maximum Gasteiger partial charge on any atom is 0.336 e. The maximum absolute atomic E-state index is 10.3.